The Morgan fingerprint density at radius 1 is 1.29 bits per heavy atom. The number of hydrogen-bond donors (Lipinski definition) is 2. The second kappa shape index (κ2) is 5.69. The lowest BCUT2D eigenvalue weighted by Gasteiger charge is -2.14. The molecular weight excluding hydrogens is 262 g/mol. The van der Waals surface area contributed by atoms with Crippen molar-refractivity contribution in [2.75, 3.05) is 0 Å². The van der Waals surface area contributed by atoms with Crippen molar-refractivity contribution in [3.63, 3.8) is 0 Å². The SMILES string of the molecule is CC(C)Cn1cnnc1[C@@H](N)Cc1c[nH]c2ccccc12. The van der Waals surface area contributed by atoms with Gasteiger partial charge >= 0.3 is 0 Å². The number of hydrogen-bond acceptors (Lipinski definition) is 3. The molecule has 2 heterocycles. The van der Waals surface area contributed by atoms with Crippen LogP contribution in [0.1, 0.15) is 31.3 Å². The van der Waals surface area contributed by atoms with Gasteiger partial charge in [-0.1, -0.05) is 32.0 Å². The average molecular weight is 283 g/mol. The second-order valence-electron chi connectivity index (χ2n) is 5.91. The normalized spacial score (nSPS) is 13.1. The number of nitrogens with two attached hydrogens (primary N) is 1. The van der Waals surface area contributed by atoms with E-state index in [1.165, 1.54) is 10.9 Å². The van der Waals surface area contributed by atoms with Crippen molar-refractivity contribution < 1.29 is 0 Å². The van der Waals surface area contributed by atoms with E-state index in [2.05, 4.69) is 45.7 Å². The lowest BCUT2D eigenvalue weighted by atomic mass is 10.0. The number of aromatic amines is 1. The minimum absolute atomic E-state index is 0.148. The predicted octanol–water partition coefficient (Wildman–Crippen LogP) is 2.66. The molecule has 0 saturated heterocycles. The van der Waals surface area contributed by atoms with Crippen molar-refractivity contribution in [1.29, 1.82) is 0 Å². The predicted molar refractivity (Wildman–Crippen MR) is 83.8 cm³/mol. The van der Waals surface area contributed by atoms with Crippen molar-refractivity contribution in [3.05, 3.63) is 48.2 Å². The van der Waals surface area contributed by atoms with Crippen molar-refractivity contribution in [1.82, 2.24) is 19.7 Å². The van der Waals surface area contributed by atoms with Crippen LogP contribution in [0.2, 0.25) is 0 Å². The smallest absolute Gasteiger partial charge is 0.150 e. The molecule has 21 heavy (non-hydrogen) atoms. The second-order valence-corrected chi connectivity index (χ2v) is 5.91. The van der Waals surface area contributed by atoms with E-state index >= 15 is 0 Å². The van der Waals surface area contributed by atoms with Gasteiger partial charge in [-0.05, 0) is 24.0 Å². The van der Waals surface area contributed by atoms with Crippen LogP contribution in [0.25, 0.3) is 10.9 Å². The molecule has 0 aliphatic heterocycles. The van der Waals surface area contributed by atoms with Crippen LogP contribution in [-0.4, -0.2) is 19.7 Å². The maximum atomic E-state index is 6.36. The van der Waals surface area contributed by atoms with Crippen LogP contribution in [-0.2, 0) is 13.0 Å². The molecule has 0 bridgehead atoms. The Labute approximate surface area is 124 Å². The Kier molecular flexibility index (Phi) is 3.75. The molecule has 1 aromatic carbocycles. The highest BCUT2D eigenvalue weighted by Gasteiger charge is 2.16. The molecule has 0 unspecified atom stereocenters. The number of rotatable bonds is 5. The van der Waals surface area contributed by atoms with Crippen LogP contribution in [0.15, 0.2) is 36.8 Å². The Hall–Kier alpha value is -2.14. The van der Waals surface area contributed by atoms with E-state index in [0.29, 0.717) is 5.92 Å². The summed E-state index contributed by atoms with van der Waals surface area (Å²) in [5.74, 6) is 1.40. The summed E-state index contributed by atoms with van der Waals surface area (Å²) in [6.45, 7) is 5.24. The number of nitrogens with one attached hydrogen (secondary N) is 1. The summed E-state index contributed by atoms with van der Waals surface area (Å²) in [5.41, 5.74) is 8.72. The van der Waals surface area contributed by atoms with Crippen molar-refractivity contribution in [2.45, 2.75) is 32.9 Å². The summed E-state index contributed by atoms with van der Waals surface area (Å²) >= 11 is 0. The molecule has 3 rings (SSSR count). The lowest BCUT2D eigenvalue weighted by Crippen LogP contribution is -2.20. The third-order valence-electron chi connectivity index (χ3n) is 3.65. The quantitative estimate of drug-likeness (QED) is 0.756. The molecule has 5 nitrogen and oxygen atoms in total. The highest BCUT2D eigenvalue weighted by molar-refractivity contribution is 5.83. The summed E-state index contributed by atoms with van der Waals surface area (Å²) in [6.07, 6.45) is 4.55. The third kappa shape index (κ3) is 2.83. The van der Waals surface area contributed by atoms with E-state index in [0.717, 1.165) is 24.3 Å². The first-order chi connectivity index (χ1) is 10.1. The third-order valence-corrected chi connectivity index (χ3v) is 3.65. The molecule has 110 valence electrons. The van der Waals surface area contributed by atoms with E-state index in [-0.39, 0.29) is 6.04 Å². The van der Waals surface area contributed by atoms with E-state index < -0.39 is 0 Å². The van der Waals surface area contributed by atoms with Gasteiger partial charge in [0.15, 0.2) is 0 Å². The van der Waals surface area contributed by atoms with E-state index in [4.69, 9.17) is 5.73 Å². The number of fused-ring (bicyclic) bond motifs is 1. The van der Waals surface area contributed by atoms with Gasteiger partial charge in [0.1, 0.15) is 12.2 Å². The molecular formula is C16H21N5. The number of H-pyrrole nitrogens is 1. The fourth-order valence-electron chi connectivity index (χ4n) is 2.71. The zero-order valence-corrected chi connectivity index (χ0v) is 12.5. The summed E-state index contributed by atoms with van der Waals surface area (Å²) in [6, 6.07) is 8.12. The number of para-hydroxylation sites is 1. The van der Waals surface area contributed by atoms with Crippen LogP contribution in [0.4, 0.5) is 0 Å². The van der Waals surface area contributed by atoms with Gasteiger partial charge in [-0.3, -0.25) is 0 Å². The molecule has 5 heteroatoms. The Balaban J connectivity index is 1.83. The van der Waals surface area contributed by atoms with Gasteiger partial charge in [0, 0.05) is 23.6 Å². The number of nitrogens with zero attached hydrogens (tertiary/aromatic N) is 3. The van der Waals surface area contributed by atoms with Gasteiger partial charge < -0.3 is 15.3 Å². The van der Waals surface area contributed by atoms with E-state index in [1.807, 2.05) is 18.3 Å². The molecule has 0 aliphatic carbocycles. The minimum Gasteiger partial charge on any atom is -0.361 e. The first-order valence-corrected chi connectivity index (χ1v) is 7.33. The monoisotopic (exact) mass is 283 g/mol. The standard InChI is InChI=1S/C16H21N5/c1-11(2)9-21-10-19-20-16(21)14(17)7-12-8-18-15-6-4-3-5-13(12)15/h3-6,8,10-11,14,18H,7,9,17H2,1-2H3/t14-/m0/s1. The van der Waals surface area contributed by atoms with Crippen LogP contribution < -0.4 is 5.73 Å². The van der Waals surface area contributed by atoms with Gasteiger partial charge in [-0.25, -0.2) is 0 Å². The highest BCUT2D eigenvalue weighted by atomic mass is 15.3. The molecule has 0 fully saturated rings. The van der Waals surface area contributed by atoms with Crippen molar-refractivity contribution in [2.24, 2.45) is 11.7 Å². The van der Waals surface area contributed by atoms with Crippen LogP contribution in [0.5, 0.6) is 0 Å². The fourth-order valence-corrected chi connectivity index (χ4v) is 2.71. The molecule has 0 radical (unpaired) electrons. The Morgan fingerprint density at radius 3 is 2.90 bits per heavy atom. The number of benzene rings is 1. The Bertz CT molecular complexity index is 725. The van der Waals surface area contributed by atoms with Crippen LogP contribution >= 0.6 is 0 Å². The zero-order chi connectivity index (χ0) is 14.8. The van der Waals surface area contributed by atoms with Crippen molar-refractivity contribution >= 4 is 10.9 Å². The molecule has 0 aliphatic rings. The highest BCUT2D eigenvalue weighted by Crippen LogP contribution is 2.22. The van der Waals surface area contributed by atoms with Crippen LogP contribution in [0, 0.1) is 5.92 Å². The molecule has 2 aromatic heterocycles. The Morgan fingerprint density at radius 2 is 2.10 bits per heavy atom. The first-order valence-electron chi connectivity index (χ1n) is 7.33. The van der Waals surface area contributed by atoms with Gasteiger partial charge in [0.2, 0.25) is 0 Å². The van der Waals surface area contributed by atoms with E-state index in [1.54, 1.807) is 6.33 Å². The van der Waals surface area contributed by atoms with Crippen molar-refractivity contribution in [3.8, 4) is 0 Å². The van der Waals surface area contributed by atoms with Gasteiger partial charge in [-0.15, -0.1) is 10.2 Å². The fraction of sp³-hybridized carbons (Fsp3) is 0.375. The van der Waals surface area contributed by atoms with Gasteiger partial charge in [0.05, 0.1) is 6.04 Å². The lowest BCUT2D eigenvalue weighted by molar-refractivity contribution is 0.488. The summed E-state index contributed by atoms with van der Waals surface area (Å²) < 4.78 is 2.06. The summed E-state index contributed by atoms with van der Waals surface area (Å²) in [4.78, 5) is 3.29. The first kappa shape index (κ1) is 13.8. The van der Waals surface area contributed by atoms with E-state index in [9.17, 15) is 0 Å². The van der Waals surface area contributed by atoms with Gasteiger partial charge in [0.25, 0.3) is 0 Å². The topological polar surface area (TPSA) is 72.5 Å². The van der Waals surface area contributed by atoms with Crippen LogP contribution in [0.3, 0.4) is 0 Å². The largest absolute Gasteiger partial charge is 0.361 e. The molecule has 1 atom stereocenters. The molecule has 0 saturated carbocycles. The molecule has 3 aromatic rings. The maximum Gasteiger partial charge on any atom is 0.150 e. The zero-order valence-electron chi connectivity index (χ0n) is 12.5. The summed E-state index contributed by atoms with van der Waals surface area (Å²) in [7, 11) is 0. The molecule has 0 amide bonds. The molecule has 0 spiro atoms. The maximum absolute atomic E-state index is 6.36. The van der Waals surface area contributed by atoms with Gasteiger partial charge in [-0.2, -0.15) is 0 Å². The number of aromatic nitrogens is 4. The minimum atomic E-state index is -0.148. The summed E-state index contributed by atoms with van der Waals surface area (Å²) in [5, 5.41) is 9.45. The average Bonchev–Trinajstić information content (AvgIpc) is 3.06. The molecule has 3 N–H and O–H groups in total.